The van der Waals surface area contributed by atoms with Crippen LogP contribution in [0.1, 0.15) is 69.2 Å². The van der Waals surface area contributed by atoms with E-state index < -0.39 is 18.9 Å². The number of benzene rings is 3. The Hall–Kier alpha value is -1.98. The van der Waals surface area contributed by atoms with Crippen molar-refractivity contribution in [2.75, 3.05) is 0 Å². The van der Waals surface area contributed by atoms with Gasteiger partial charge in [-0.15, -0.1) is 0 Å². The topological polar surface area (TPSA) is 36.9 Å². The molecule has 1 fully saturated rings. The number of ether oxygens (including phenoxy) is 2. The normalized spacial score (nSPS) is 23.8. The average molecular weight is 378 g/mol. The summed E-state index contributed by atoms with van der Waals surface area (Å²) in [4.78, 5) is 11.4. The maximum absolute atomic E-state index is 6.25. The smallest absolute Gasteiger partial charge is 0.220 e. The lowest BCUT2D eigenvalue weighted by Gasteiger charge is -2.20. The Balaban J connectivity index is 1.50. The van der Waals surface area contributed by atoms with Crippen molar-refractivity contribution in [2.24, 2.45) is 0 Å². The van der Waals surface area contributed by atoms with Crippen molar-refractivity contribution in [1.29, 1.82) is 0 Å². The minimum Gasteiger partial charge on any atom is -0.316 e. The van der Waals surface area contributed by atoms with Crippen LogP contribution in [0.25, 0.3) is 21.5 Å². The Morgan fingerprint density at radius 2 is 1.36 bits per heavy atom. The lowest BCUT2D eigenvalue weighted by molar-refractivity contribution is -0.402. The highest BCUT2D eigenvalue weighted by atomic mass is 17.3. The summed E-state index contributed by atoms with van der Waals surface area (Å²) in [5.74, 6) is 0. The maximum Gasteiger partial charge on any atom is 0.220 e. The fourth-order valence-electron chi connectivity index (χ4n) is 4.35. The number of fused-ring (bicyclic) bond motifs is 4. The summed E-state index contributed by atoms with van der Waals surface area (Å²) in [5.41, 5.74) is 2.04. The molecule has 0 saturated carbocycles. The van der Waals surface area contributed by atoms with Crippen LogP contribution in [0.2, 0.25) is 0 Å². The Kier molecular flexibility index (Phi) is 5.03. The second kappa shape index (κ2) is 7.80. The van der Waals surface area contributed by atoms with Crippen LogP contribution in [-0.4, -0.2) is 6.29 Å². The molecule has 0 N–H and O–H groups in total. The Morgan fingerprint density at radius 3 is 2.07 bits per heavy atom. The van der Waals surface area contributed by atoms with E-state index in [-0.39, 0.29) is 0 Å². The van der Waals surface area contributed by atoms with Gasteiger partial charge in [-0.1, -0.05) is 81.1 Å². The first-order valence-electron chi connectivity index (χ1n) is 10.4. The molecule has 2 aliphatic heterocycles. The van der Waals surface area contributed by atoms with E-state index in [9.17, 15) is 0 Å². The minimum absolute atomic E-state index is 0.420. The van der Waals surface area contributed by atoms with Crippen LogP contribution >= 0.6 is 0 Å². The van der Waals surface area contributed by atoms with Gasteiger partial charge in [0.15, 0.2) is 12.6 Å². The SMILES string of the molecule is CCCCCCCC1OOC2OC(O1)c1cccc3ccc4cccc2c4c13. The van der Waals surface area contributed by atoms with Crippen LogP contribution in [0, 0.1) is 0 Å². The molecule has 4 heteroatoms. The zero-order valence-electron chi connectivity index (χ0n) is 16.2. The predicted octanol–water partition coefficient (Wildman–Crippen LogP) is 6.69. The molecule has 3 unspecified atom stereocenters. The molecule has 0 spiro atoms. The fourth-order valence-corrected chi connectivity index (χ4v) is 4.35. The molecule has 3 atom stereocenters. The van der Waals surface area contributed by atoms with E-state index in [0.717, 1.165) is 29.4 Å². The highest BCUT2D eigenvalue weighted by Crippen LogP contribution is 2.45. The molecule has 0 amide bonds. The summed E-state index contributed by atoms with van der Waals surface area (Å²) in [7, 11) is 0. The molecule has 3 aromatic rings. The highest BCUT2D eigenvalue weighted by Gasteiger charge is 2.35. The molecular weight excluding hydrogens is 352 g/mol. The first-order chi connectivity index (χ1) is 13.8. The maximum atomic E-state index is 6.25. The van der Waals surface area contributed by atoms with Crippen LogP contribution in [0.5, 0.6) is 0 Å². The van der Waals surface area contributed by atoms with E-state index in [1.807, 2.05) is 6.07 Å². The van der Waals surface area contributed by atoms with Gasteiger partial charge >= 0.3 is 0 Å². The largest absolute Gasteiger partial charge is 0.316 e. The van der Waals surface area contributed by atoms with Gasteiger partial charge < -0.3 is 9.47 Å². The molecule has 0 aliphatic carbocycles. The minimum atomic E-state index is -0.600. The third kappa shape index (κ3) is 3.20. The number of hydrogen-bond donors (Lipinski definition) is 0. The molecule has 1 saturated heterocycles. The number of hydrogen-bond acceptors (Lipinski definition) is 4. The van der Waals surface area contributed by atoms with Gasteiger partial charge in [0.05, 0.1) is 0 Å². The lowest BCUT2D eigenvalue weighted by atomic mass is 9.95. The van der Waals surface area contributed by atoms with Crippen molar-refractivity contribution in [1.82, 2.24) is 0 Å². The van der Waals surface area contributed by atoms with Crippen molar-refractivity contribution in [3.8, 4) is 0 Å². The molecule has 2 bridgehead atoms. The standard InChI is InChI=1S/C24H26O4/c1-2-3-4-5-6-13-20-25-23-18-11-7-9-16-14-15-17-10-8-12-19(22(17)21(16)18)24(26-23)28-27-20/h7-12,14-15,20,23-24H,2-6,13H2,1H3. The molecule has 2 aliphatic rings. The number of rotatable bonds is 6. The predicted molar refractivity (Wildman–Crippen MR) is 108 cm³/mol. The molecular formula is C24H26O4. The first-order valence-corrected chi connectivity index (χ1v) is 10.4. The van der Waals surface area contributed by atoms with Crippen LogP contribution in [0.3, 0.4) is 0 Å². The molecule has 0 radical (unpaired) electrons. The van der Waals surface area contributed by atoms with Gasteiger partial charge in [0.25, 0.3) is 0 Å². The molecule has 4 nitrogen and oxygen atoms in total. The quantitative estimate of drug-likeness (QED) is 0.272. The van der Waals surface area contributed by atoms with Crippen LogP contribution < -0.4 is 0 Å². The van der Waals surface area contributed by atoms with Crippen LogP contribution in [0.4, 0.5) is 0 Å². The van der Waals surface area contributed by atoms with Gasteiger partial charge in [0.1, 0.15) is 0 Å². The zero-order chi connectivity index (χ0) is 18.9. The molecule has 146 valence electrons. The van der Waals surface area contributed by atoms with Crippen LogP contribution in [-0.2, 0) is 19.2 Å². The average Bonchev–Trinajstić information content (AvgIpc) is 3.02. The van der Waals surface area contributed by atoms with Crippen molar-refractivity contribution >= 4 is 21.5 Å². The van der Waals surface area contributed by atoms with Gasteiger partial charge in [-0.3, -0.25) is 0 Å². The summed E-state index contributed by atoms with van der Waals surface area (Å²) in [6.07, 6.45) is 5.29. The Morgan fingerprint density at radius 1 is 0.679 bits per heavy atom. The van der Waals surface area contributed by atoms with Crippen LogP contribution in [0.15, 0.2) is 48.5 Å². The van der Waals surface area contributed by atoms with Gasteiger partial charge in [0, 0.05) is 17.5 Å². The van der Waals surface area contributed by atoms with Gasteiger partial charge in [-0.05, 0) is 28.0 Å². The van der Waals surface area contributed by atoms with Crippen molar-refractivity contribution < 1.29 is 19.2 Å². The monoisotopic (exact) mass is 378 g/mol. The highest BCUT2D eigenvalue weighted by molar-refractivity contribution is 6.11. The summed E-state index contributed by atoms with van der Waals surface area (Å²) >= 11 is 0. The third-order valence-electron chi connectivity index (χ3n) is 5.77. The van der Waals surface area contributed by atoms with Crippen molar-refractivity contribution in [2.45, 2.75) is 64.3 Å². The molecule has 2 heterocycles. The van der Waals surface area contributed by atoms with E-state index in [4.69, 9.17) is 19.2 Å². The van der Waals surface area contributed by atoms with E-state index in [1.54, 1.807) is 0 Å². The van der Waals surface area contributed by atoms with Gasteiger partial charge in [-0.2, -0.15) is 4.89 Å². The summed E-state index contributed by atoms with van der Waals surface area (Å²) < 4.78 is 12.5. The van der Waals surface area contributed by atoms with E-state index in [1.165, 1.54) is 41.8 Å². The molecule has 3 aromatic carbocycles. The summed E-state index contributed by atoms with van der Waals surface area (Å²) in [6, 6.07) is 16.8. The Labute approximate surface area is 165 Å². The second-order valence-electron chi connectivity index (χ2n) is 7.72. The summed E-state index contributed by atoms with van der Waals surface area (Å²) in [6.45, 7) is 2.23. The molecule has 28 heavy (non-hydrogen) atoms. The van der Waals surface area contributed by atoms with Crippen molar-refractivity contribution in [3.63, 3.8) is 0 Å². The number of unbranched alkanes of at least 4 members (excludes halogenated alkanes) is 4. The molecule has 5 rings (SSSR count). The molecule has 0 aromatic heterocycles. The first kappa shape index (κ1) is 18.1. The summed E-state index contributed by atoms with van der Waals surface area (Å²) in [5, 5.41) is 4.71. The fraction of sp³-hybridized carbons (Fsp3) is 0.417. The van der Waals surface area contributed by atoms with Gasteiger partial charge in [-0.25, -0.2) is 4.89 Å². The van der Waals surface area contributed by atoms with E-state index in [0.29, 0.717) is 0 Å². The second-order valence-corrected chi connectivity index (χ2v) is 7.72. The van der Waals surface area contributed by atoms with Gasteiger partial charge in [0.2, 0.25) is 6.29 Å². The lowest BCUT2D eigenvalue weighted by Crippen LogP contribution is -2.18. The Bertz CT molecular complexity index is 983. The zero-order valence-corrected chi connectivity index (χ0v) is 16.2. The third-order valence-corrected chi connectivity index (χ3v) is 5.77. The van der Waals surface area contributed by atoms with E-state index >= 15 is 0 Å². The van der Waals surface area contributed by atoms with Crippen molar-refractivity contribution in [3.05, 3.63) is 59.7 Å². The van der Waals surface area contributed by atoms with E-state index in [2.05, 4.69) is 49.4 Å².